The van der Waals surface area contributed by atoms with E-state index in [4.69, 9.17) is 10.2 Å². The Bertz CT molecular complexity index is 370. The summed E-state index contributed by atoms with van der Waals surface area (Å²) in [5.74, 6) is -2.71. The van der Waals surface area contributed by atoms with Crippen LogP contribution in [0.4, 0.5) is 4.79 Å². The maximum atomic E-state index is 11.9. The maximum absolute atomic E-state index is 11.9. The van der Waals surface area contributed by atoms with Crippen LogP contribution in [0.5, 0.6) is 0 Å². The molecule has 1 aliphatic heterocycles. The molecule has 0 spiro atoms. The Hall–Kier alpha value is -2.31. The van der Waals surface area contributed by atoms with E-state index in [2.05, 4.69) is 13.2 Å². The van der Waals surface area contributed by atoms with Gasteiger partial charge in [0.25, 0.3) is 0 Å². The molecule has 7 heteroatoms. The highest BCUT2D eigenvalue weighted by Crippen LogP contribution is 2.23. The first kappa shape index (κ1) is 13.8. The molecule has 2 atom stereocenters. The quantitative estimate of drug-likeness (QED) is 0.650. The molecule has 1 aliphatic rings. The van der Waals surface area contributed by atoms with Crippen LogP contribution in [0.1, 0.15) is 0 Å². The molecule has 0 bridgehead atoms. The minimum Gasteiger partial charge on any atom is -0.480 e. The van der Waals surface area contributed by atoms with Crippen LogP contribution < -0.4 is 0 Å². The summed E-state index contributed by atoms with van der Waals surface area (Å²) >= 11 is 0. The molecule has 98 valence electrons. The third-order valence-electron chi connectivity index (χ3n) is 2.62. The van der Waals surface area contributed by atoms with E-state index in [1.54, 1.807) is 0 Å². The minimum atomic E-state index is -1.42. The Morgan fingerprint density at radius 1 is 1.06 bits per heavy atom. The highest BCUT2D eigenvalue weighted by Gasteiger charge is 2.52. The summed E-state index contributed by atoms with van der Waals surface area (Å²) < 4.78 is 0. The molecule has 0 radical (unpaired) electrons. The minimum absolute atomic E-state index is 0.0206. The normalized spacial score (nSPS) is 23.0. The number of hydrogen-bond acceptors (Lipinski definition) is 3. The van der Waals surface area contributed by atoms with Gasteiger partial charge in [0.2, 0.25) is 0 Å². The predicted octanol–water partition coefficient (Wildman–Crippen LogP) is 0.00240. The predicted molar refractivity (Wildman–Crippen MR) is 62.0 cm³/mol. The monoisotopic (exact) mass is 254 g/mol. The van der Waals surface area contributed by atoms with Gasteiger partial charge in [0.15, 0.2) is 12.1 Å². The highest BCUT2D eigenvalue weighted by molar-refractivity contribution is 5.96. The zero-order valence-electron chi connectivity index (χ0n) is 9.65. The van der Waals surface area contributed by atoms with E-state index in [9.17, 15) is 14.4 Å². The van der Waals surface area contributed by atoms with Crippen LogP contribution in [-0.2, 0) is 9.59 Å². The Balaban J connectivity index is 3.18. The van der Waals surface area contributed by atoms with Gasteiger partial charge in [-0.2, -0.15) is 0 Å². The number of hydrogen-bond donors (Lipinski definition) is 2. The summed E-state index contributed by atoms with van der Waals surface area (Å²) in [5, 5.41) is 18.2. The fraction of sp³-hybridized carbons (Fsp3) is 0.364. The van der Waals surface area contributed by atoms with Gasteiger partial charge in [-0.05, 0) is 0 Å². The van der Waals surface area contributed by atoms with E-state index in [1.165, 1.54) is 12.2 Å². The van der Waals surface area contributed by atoms with Crippen molar-refractivity contribution < 1.29 is 24.6 Å². The number of urea groups is 1. The van der Waals surface area contributed by atoms with Crippen molar-refractivity contribution in [2.75, 3.05) is 13.1 Å². The zero-order valence-corrected chi connectivity index (χ0v) is 9.65. The lowest BCUT2D eigenvalue weighted by Crippen LogP contribution is -2.48. The van der Waals surface area contributed by atoms with E-state index in [1.807, 2.05) is 0 Å². The van der Waals surface area contributed by atoms with Gasteiger partial charge in [-0.1, -0.05) is 12.2 Å². The molecule has 18 heavy (non-hydrogen) atoms. The standard InChI is InChI=1S/C11H14N2O5/c1-3-5-12-7(9(14)15)8(10(16)17)13(6-4-2)11(12)18/h3-4,7-8H,1-2,5-6H2,(H,14,15)(H,16,17)/t7-,8+. The molecule has 7 nitrogen and oxygen atoms in total. The van der Waals surface area contributed by atoms with Crippen molar-refractivity contribution >= 4 is 18.0 Å². The topological polar surface area (TPSA) is 98.2 Å². The summed E-state index contributed by atoms with van der Waals surface area (Å²) in [6.07, 6.45) is 2.70. The van der Waals surface area contributed by atoms with E-state index in [0.29, 0.717) is 0 Å². The van der Waals surface area contributed by atoms with Gasteiger partial charge < -0.3 is 20.0 Å². The van der Waals surface area contributed by atoms with Crippen molar-refractivity contribution in [3.63, 3.8) is 0 Å². The third kappa shape index (κ3) is 2.20. The van der Waals surface area contributed by atoms with Crippen molar-refractivity contribution in [3.05, 3.63) is 25.3 Å². The SMILES string of the molecule is C=CCN1C(=O)N(CC=C)[C@@H](C(=O)O)[C@H]1C(=O)O. The highest BCUT2D eigenvalue weighted by atomic mass is 16.4. The number of amides is 2. The van der Waals surface area contributed by atoms with Crippen LogP contribution >= 0.6 is 0 Å². The molecule has 1 saturated heterocycles. The number of carboxylic acids is 2. The average Bonchev–Trinajstić information content (AvgIpc) is 2.55. The lowest BCUT2D eigenvalue weighted by Gasteiger charge is -2.20. The van der Waals surface area contributed by atoms with Crippen LogP contribution in [0, 0.1) is 0 Å². The first-order valence-electron chi connectivity index (χ1n) is 5.20. The van der Waals surface area contributed by atoms with Crippen LogP contribution in [0.3, 0.4) is 0 Å². The van der Waals surface area contributed by atoms with Gasteiger partial charge in [-0.25, -0.2) is 14.4 Å². The molecule has 2 N–H and O–H groups in total. The first-order chi connectivity index (χ1) is 8.45. The second-order valence-corrected chi connectivity index (χ2v) is 3.73. The van der Waals surface area contributed by atoms with Crippen LogP contribution in [0.15, 0.2) is 25.3 Å². The fourth-order valence-corrected chi connectivity index (χ4v) is 1.94. The van der Waals surface area contributed by atoms with Crippen molar-refractivity contribution in [3.8, 4) is 0 Å². The molecule has 0 aromatic carbocycles. The Labute approximate surface area is 104 Å². The number of aliphatic carboxylic acids is 2. The van der Waals surface area contributed by atoms with Crippen molar-refractivity contribution in [1.29, 1.82) is 0 Å². The molecule has 0 aromatic heterocycles. The summed E-state index contributed by atoms with van der Waals surface area (Å²) in [6.45, 7) is 6.80. The average molecular weight is 254 g/mol. The molecular formula is C11H14N2O5. The molecule has 0 saturated carbocycles. The molecular weight excluding hydrogens is 240 g/mol. The van der Waals surface area contributed by atoms with E-state index < -0.39 is 30.1 Å². The van der Waals surface area contributed by atoms with Gasteiger partial charge in [0, 0.05) is 13.1 Å². The number of nitrogens with zero attached hydrogens (tertiary/aromatic N) is 2. The van der Waals surface area contributed by atoms with Crippen molar-refractivity contribution in [1.82, 2.24) is 9.80 Å². The number of carbonyl (C=O) groups is 3. The number of rotatable bonds is 6. The lowest BCUT2D eigenvalue weighted by atomic mass is 10.1. The second-order valence-electron chi connectivity index (χ2n) is 3.73. The van der Waals surface area contributed by atoms with E-state index >= 15 is 0 Å². The van der Waals surface area contributed by atoms with Crippen LogP contribution in [-0.4, -0.2) is 63.2 Å². The lowest BCUT2D eigenvalue weighted by molar-refractivity contribution is -0.150. The Morgan fingerprint density at radius 3 is 1.61 bits per heavy atom. The molecule has 2 amide bonds. The fourth-order valence-electron chi connectivity index (χ4n) is 1.94. The maximum Gasteiger partial charge on any atom is 0.329 e. The van der Waals surface area contributed by atoms with E-state index in [0.717, 1.165) is 9.80 Å². The summed E-state index contributed by atoms with van der Waals surface area (Å²) in [4.78, 5) is 36.2. The Morgan fingerprint density at radius 2 is 1.39 bits per heavy atom. The molecule has 0 aliphatic carbocycles. The second kappa shape index (κ2) is 5.35. The first-order valence-corrected chi connectivity index (χ1v) is 5.20. The number of carbonyl (C=O) groups excluding carboxylic acids is 1. The molecule has 0 aromatic rings. The van der Waals surface area contributed by atoms with Gasteiger partial charge >= 0.3 is 18.0 Å². The molecule has 1 fully saturated rings. The molecule has 1 rings (SSSR count). The van der Waals surface area contributed by atoms with Crippen LogP contribution in [0.25, 0.3) is 0 Å². The Kier molecular flexibility index (Phi) is 4.09. The van der Waals surface area contributed by atoms with Crippen molar-refractivity contribution in [2.45, 2.75) is 12.1 Å². The van der Waals surface area contributed by atoms with Gasteiger partial charge in [0.05, 0.1) is 0 Å². The van der Waals surface area contributed by atoms with Gasteiger partial charge in [0.1, 0.15) is 0 Å². The third-order valence-corrected chi connectivity index (χ3v) is 2.62. The summed E-state index contributed by atoms with van der Waals surface area (Å²) in [6, 6.07) is -3.49. The summed E-state index contributed by atoms with van der Waals surface area (Å²) in [7, 11) is 0. The summed E-state index contributed by atoms with van der Waals surface area (Å²) in [5.41, 5.74) is 0. The smallest absolute Gasteiger partial charge is 0.329 e. The largest absolute Gasteiger partial charge is 0.480 e. The zero-order chi connectivity index (χ0) is 13.9. The van der Waals surface area contributed by atoms with Crippen LogP contribution in [0.2, 0.25) is 0 Å². The van der Waals surface area contributed by atoms with Gasteiger partial charge in [-0.15, -0.1) is 13.2 Å². The number of carboxylic acid groups (broad SMARTS) is 2. The molecule has 0 unspecified atom stereocenters. The van der Waals surface area contributed by atoms with Crippen molar-refractivity contribution in [2.24, 2.45) is 0 Å². The molecule has 1 heterocycles. The van der Waals surface area contributed by atoms with Gasteiger partial charge in [-0.3, -0.25) is 0 Å². The van der Waals surface area contributed by atoms with E-state index in [-0.39, 0.29) is 13.1 Å².